The van der Waals surface area contributed by atoms with Crippen molar-refractivity contribution in [1.82, 2.24) is 9.80 Å². The van der Waals surface area contributed by atoms with Crippen molar-refractivity contribution in [3.8, 4) is 0 Å². The van der Waals surface area contributed by atoms with Gasteiger partial charge in [-0.25, -0.2) is 0 Å². The van der Waals surface area contributed by atoms with Crippen molar-refractivity contribution >= 4 is 41.5 Å². The van der Waals surface area contributed by atoms with Crippen molar-refractivity contribution in [2.45, 2.75) is 33.3 Å². The summed E-state index contributed by atoms with van der Waals surface area (Å²) in [5.74, 6) is -0.00688. The van der Waals surface area contributed by atoms with Gasteiger partial charge in [0.15, 0.2) is 0 Å². The summed E-state index contributed by atoms with van der Waals surface area (Å²) in [6.07, 6.45) is 1.10. The molecule has 0 bridgehead atoms. The van der Waals surface area contributed by atoms with Crippen LogP contribution in [0.5, 0.6) is 0 Å². The fraction of sp³-hybridized carbons (Fsp3) is 0.462. The molecule has 0 atom stereocenters. The van der Waals surface area contributed by atoms with Crippen LogP contribution >= 0.6 is 24.0 Å². The van der Waals surface area contributed by atoms with Gasteiger partial charge in [0.1, 0.15) is 0 Å². The Labute approximate surface area is 214 Å². The van der Waals surface area contributed by atoms with Crippen LogP contribution in [0, 0.1) is 0 Å². The molecule has 1 aliphatic heterocycles. The fourth-order valence-corrected chi connectivity index (χ4v) is 4.05. The quantitative estimate of drug-likeness (QED) is 0.499. The SMILES string of the molecule is CC(=O)N(CCOC(C)C)c1ccc(C(=O)N2CCN(CCc3ccc(Cl)cc3)CC2)cc1.Cl. The summed E-state index contributed by atoms with van der Waals surface area (Å²) >= 11 is 5.95. The summed E-state index contributed by atoms with van der Waals surface area (Å²) in [5.41, 5.74) is 2.70. The summed E-state index contributed by atoms with van der Waals surface area (Å²) < 4.78 is 5.58. The zero-order valence-electron chi connectivity index (χ0n) is 20.2. The predicted octanol–water partition coefficient (Wildman–Crippen LogP) is 4.54. The van der Waals surface area contributed by atoms with Crippen molar-refractivity contribution in [1.29, 1.82) is 0 Å². The van der Waals surface area contributed by atoms with E-state index in [-0.39, 0.29) is 30.3 Å². The zero-order valence-corrected chi connectivity index (χ0v) is 21.8. The van der Waals surface area contributed by atoms with Crippen LogP contribution < -0.4 is 4.90 Å². The van der Waals surface area contributed by atoms with E-state index in [0.717, 1.165) is 36.8 Å². The molecule has 1 saturated heterocycles. The largest absolute Gasteiger partial charge is 0.377 e. The molecule has 1 fully saturated rings. The third-order valence-corrected chi connectivity index (χ3v) is 6.11. The number of piperazine rings is 1. The topological polar surface area (TPSA) is 53.1 Å². The number of hydrogen-bond acceptors (Lipinski definition) is 4. The van der Waals surface area contributed by atoms with Crippen LogP contribution in [-0.4, -0.2) is 73.6 Å². The number of rotatable bonds is 9. The summed E-state index contributed by atoms with van der Waals surface area (Å²) in [6, 6.07) is 15.3. The number of carbonyl (C=O) groups is 2. The van der Waals surface area contributed by atoms with E-state index >= 15 is 0 Å². The highest BCUT2D eigenvalue weighted by Gasteiger charge is 2.22. The lowest BCUT2D eigenvalue weighted by atomic mass is 10.1. The Kier molecular flexibility index (Phi) is 11.3. The highest BCUT2D eigenvalue weighted by atomic mass is 35.5. The van der Waals surface area contributed by atoms with Gasteiger partial charge < -0.3 is 14.5 Å². The molecule has 1 aliphatic rings. The molecule has 0 spiro atoms. The van der Waals surface area contributed by atoms with Gasteiger partial charge in [-0.3, -0.25) is 14.5 Å². The number of benzene rings is 2. The molecule has 0 radical (unpaired) electrons. The van der Waals surface area contributed by atoms with E-state index < -0.39 is 0 Å². The Morgan fingerprint density at radius 1 is 1.00 bits per heavy atom. The number of ether oxygens (including phenoxy) is 1. The molecule has 2 amide bonds. The van der Waals surface area contributed by atoms with Gasteiger partial charge in [0.05, 0.1) is 12.7 Å². The normalized spacial score (nSPS) is 14.1. The van der Waals surface area contributed by atoms with Crippen LogP contribution in [0.2, 0.25) is 5.02 Å². The Morgan fingerprint density at radius 3 is 2.18 bits per heavy atom. The molecule has 0 N–H and O–H groups in total. The first-order valence-corrected chi connectivity index (χ1v) is 12.0. The average molecular weight is 508 g/mol. The molecule has 2 aromatic carbocycles. The van der Waals surface area contributed by atoms with Crippen molar-refractivity contribution in [2.75, 3.05) is 50.8 Å². The van der Waals surface area contributed by atoms with E-state index in [1.54, 1.807) is 11.8 Å². The molecule has 0 saturated carbocycles. The van der Waals surface area contributed by atoms with Gasteiger partial charge in [0.2, 0.25) is 5.91 Å². The van der Waals surface area contributed by atoms with Crippen LogP contribution in [0.3, 0.4) is 0 Å². The number of halogens is 2. The van der Waals surface area contributed by atoms with Gasteiger partial charge in [0.25, 0.3) is 5.91 Å². The second kappa shape index (κ2) is 13.7. The average Bonchev–Trinajstić information content (AvgIpc) is 2.81. The summed E-state index contributed by atoms with van der Waals surface area (Å²) in [4.78, 5) is 31.0. The standard InChI is InChI=1S/C26H34ClN3O3.ClH/c1-20(2)33-19-18-30(21(3)31)25-10-6-23(7-11-25)26(32)29-16-14-28(15-17-29)13-12-22-4-8-24(27)9-5-22;/h4-11,20H,12-19H2,1-3H3;1H. The van der Waals surface area contributed by atoms with Crippen LogP contribution in [-0.2, 0) is 16.0 Å². The van der Waals surface area contributed by atoms with E-state index in [4.69, 9.17) is 16.3 Å². The van der Waals surface area contributed by atoms with Crippen molar-refractivity contribution < 1.29 is 14.3 Å². The van der Waals surface area contributed by atoms with Crippen molar-refractivity contribution in [3.63, 3.8) is 0 Å². The fourth-order valence-electron chi connectivity index (χ4n) is 3.93. The highest BCUT2D eigenvalue weighted by molar-refractivity contribution is 6.30. The maximum absolute atomic E-state index is 13.0. The van der Waals surface area contributed by atoms with E-state index in [2.05, 4.69) is 17.0 Å². The van der Waals surface area contributed by atoms with E-state index in [1.807, 2.05) is 55.1 Å². The van der Waals surface area contributed by atoms with E-state index in [1.165, 1.54) is 5.56 Å². The minimum atomic E-state index is -0.0452. The van der Waals surface area contributed by atoms with Gasteiger partial charge in [0, 0.05) is 62.5 Å². The molecule has 186 valence electrons. The molecule has 1 heterocycles. The molecule has 8 heteroatoms. The second-order valence-electron chi connectivity index (χ2n) is 8.65. The lowest BCUT2D eigenvalue weighted by Gasteiger charge is -2.35. The van der Waals surface area contributed by atoms with E-state index in [9.17, 15) is 9.59 Å². The number of carbonyl (C=O) groups excluding carboxylic acids is 2. The second-order valence-corrected chi connectivity index (χ2v) is 9.08. The highest BCUT2D eigenvalue weighted by Crippen LogP contribution is 2.18. The molecule has 6 nitrogen and oxygen atoms in total. The Hall–Kier alpha value is -2.12. The Morgan fingerprint density at radius 2 is 1.62 bits per heavy atom. The number of nitrogens with zero attached hydrogens (tertiary/aromatic N) is 3. The molecule has 34 heavy (non-hydrogen) atoms. The number of anilines is 1. The number of hydrogen-bond donors (Lipinski definition) is 0. The summed E-state index contributed by atoms with van der Waals surface area (Å²) in [6.45, 7) is 10.6. The van der Waals surface area contributed by atoms with Gasteiger partial charge in [-0.2, -0.15) is 0 Å². The predicted molar refractivity (Wildman–Crippen MR) is 140 cm³/mol. The molecule has 0 unspecified atom stereocenters. The van der Waals surface area contributed by atoms with Gasteiger partial charge in [-0.05, 0) is 62.2 Å². The van der Waals surface area contributed by atoms with Crippen LogP contribution in [0.1, 0.15) is 36.7 Å². The Balaban J connectivity index is 0.00000408. The first kappa shape index (κ1) is 28.1. The zero-order chi connectivity index (χ0) is 23.8. The first-order chi connectivity index (χ1) is 15.8. The monoisotopic (exact) mass is 507 g/mol. The number of amides is 2. The van der Waals surface area contributed by atoms with E-state index in [0.29, 0.717) is 31.8 Å². The third kappa shape index (κ3) is 8.27. The lowest BCUT2D eigenvalue weighted by Crippen LogP contribution is -2.49. The minimum Gasteiger partial charge on any atom is -0.377 e. The van der Waals surface area contributed by atoms with Crippen LogP contribution in [0.4, 0.5) is 5.69 Å². The third-order valence-electron chi connectivity index (χ3n) is 5.86. The lowest BCUT2D eigenvalue weighted by molar-refractivity contribution is -0.116. The van der Waals surface area contributed by atoms with Crippen molar-refractivity contribution in [2.24, 2.45) is 0 Å². The maximum Gasteiger partial charge on any atom is 0.253 e. The first-order valence-electron chi connectivity index (χ1n) is 11.6. The van der Waals surface area contributed by atoms with Crippen LogP contribution in [0.25, 0.3) is 0 Å². The summed E-state index contributed by atoms with van der Waals surface area (Å²) in [5, 5.41) is 0.757. The minimum absolute atomic E-state index is 0. The van der Waals surface area contributed by atoms with Crippen molar-refractivity contribution in [3.05, 3.63) is 64.7 Å². The molecular weight excluding hydrogens is 473 g/mol. The molecule has 3 rings (SSSR count). The smallest absolute Gasteiger partial charge is 0.253 e. The van der Waals surface area contributed by atoms with Gasteiger partial charge >= 0.3 is 0 Å². The molecule has 2 aromatic rings. The maximum atomic E-state index is 13.0. The van der Waals surface area contributed by atoms with Crippen LogP contribution in [0.15, 0.2) is 48.5 Å². The summed E-state index contributed by atoms with van der Waals surface area (Å²) in [7, 11) is 0. The van der Waals surface area contributed by atoms with Gasteiger partial charge in [-0.1, -0.05) is 23.7 Å². The molecule has 0 aromatic heterocycles. The molecular formula is C26H35Cl2N3O3. The molecule has 0 aliphatic carbocycles. The Bertz CT molecular complexity index is 912. The van der Waals surface area contributed by atoms with Gasteiger partial charge in [-0.15, -0.1) is 12.4 Å².